The number of hydrogen-bond donors (Lipinski definition) is 2. The Morgan fingerprint density at radius 2 is 1.90 bits per heavy atom. The third kappa shape index (κ3) is 7.49. The highest BCUT2D eigenvalue weighted by Gasteiger charge is 2.25. The van der Waals surface area contributed by atoms with Crippen molar-refractivity contribution >= 4 is 11.9 Å². The van der Waals surface area contributed by atoms with Gasteiger partial charge in [-0.05, 0) is 61.8 Å². The summed E-state index contributed by atoms with van der Waals surface area (Å²) in [6.07, 6.45) is 7.62. The van der Waals surface area contributed by atoms with Crippen molar-refractivity contribution in [3.05, 3.63) is 29.6 Å². The molecular formula is C24H36FN3O3. The normalized spacial score (nSPS) is 17.4. The molecule has 0 spiro atoms. The maximum atomic E-state index is 14.1. The van der Waals surface area contributed by atoms with E-state index in [2.05, 4.69) is 24.5 Å². The predicted octanol–water partition coefficient (Wildman–Crippen LogP) is 4.40. The zero-order valence-corrected chi connectivity index (χ0v) is 18.8. The van der Waals surface area contributed by atoms with E-state index in [9.17, 15) is 14.0 Å². The van der Waals surface area contributed by atoms with Crippen LogP contribution in [0.15, 0.2) is 18.2 Å². The molecule has 1 heterocycles. The smallest absolute Gasteiger partial charge is 0.324 e. The topological polar surface area (TPSA) is 70.7 Å². The van der Waals surface area contributed by atoms with Gasteiger partial charge < -0.3 is 15.0 Å². The van der Waals surface area contributed by atoms with E-state index >= 15 is 0 Å². The zero-order valence-electron chi connectivity index (χ0n) is 18.8. The summed E-state index contributed by atoms with van der Waals surface area (Å²) < 4.78 is 19.8. The molecule has 1 aromatic carbocycles. The van der Waals surface area contributed by atoms with Crippen LogP contribution in [-0.2, 0) is 4.79 Å². The first kappa shape index (κ1) is 23.5. The number of benzene rings is 1. The van der Waals surface area contributed by atoms with E-state index in [0.29, 0.717) is 30.7 Å². The van der Waals surface area contributed by atoms with Gasteiger partial charge in [-0.3, -0.25) is 10.1 Å². The number of carbonyl (C=O) groups is 2. The molecule has 31 heavy (non-hydrogen) atoms. The van der Waals surface area contributed by atoms with Crippen LogP contribution in [0.1, 0.15) is 70.4 Å². The molecule has 7 heteroatoms. The van der Waals surface area contributed by atoms with Gasteiger partial charge in [0.25, 0.3) is 0 Å². The quantitative estimate of drug-likeness (QED) is 0.337. The average molecular weight is 434 g/mol. The maximum absolute atomic E-state index is 14.1. The SMILES string of the molecule is CC(C)C(NCCCCCCCN1CC(=O)NC1=O)c1ccc(F)c(OCC2CC2)c1. The summed E-state index contributed by atoms with van der Waals surface area (Å²) in [5.74, 6) is 0.847. The first-order chi connectivity index (χ1) is 14.9. The first-order valence-corrected chi connectivity index (χ1v) is 11.7. The van der Waals surface area contributed by atoms with Crippen LogP contribution < -0.4 is 15.4 Å². The maximum Gasteiger partial charge on any atom is 0.324 e. The molecule has 1 saturated heterocycles. The summed E-state index contributed by atoms with van der Waals surface area (Å²) >= 11 is 0. The lowest BCUT2D eigenvalue weighted by molar-refractivity contribution is -0.118. The van der Waals surface area contributed by atoms with E-state index in [0.717, 1.165) is 44.2 Å². The molecule has 172 valence electrons. The van der Waals surface area contributed by atoms with Gasteiger partial charge in [0.05, 0.1) is 6.61 Å². The lowest BCUT2D eigenvalue weighted by atomic mass is 9.95. The van der Waals surface area contributed by atoms with Crippen molar-refractivity contribution in [2.24, 2.45) is 11.8 Å². The van der Waals surface area contributed by atoms with Crippen LogP contribution in [0.25, 0.3) is 0 Å². The minimum Gasteiger partial charge on any atom is -0.490 e. The molecule has 1 saturated carbocycles. The number of ether oxygens (including phenoxy) is 1. The molecule has 2 fully saturated rings. The molecule has 1 aliphatic carbocycles. The number of carbonyl (C=O) groups excluding carboxylic acids is 2. The van der Waals surface area contributed by atoms with Gasteiger partial charge in [-0.25, -0.2) is 9.18 Å². The summed E-state index contributed by atoms with van der Waals surface area (Å²) in [6, 6.07) is 5.12. The molecule has 6 nitrogen and oxygen atoms in total. The molecule has 1 aromatic rings. The van der Waals surface area contributed by atoms with Crippen molar-refractivity contribution in [1.82, 2.24) is 15.5 Å². The van der Waals surface area contributed by atoms with Gasteiger partial charge in [0, 0.05) is 12.6 Å². The summed E-state index contributed by atoms with van der Waals surface area (Å²) in [5, 5.41) is 5.93. The van der Waals surface area contributed by atoms with Crippen LogP contribution in [0, 0.1) is 17.7 Å². The van der Waals surface area contributed by atoms with Gasteiger partial charge >= 0.3 is 6.03 Å². The van der Waals surface area contributed by atoms with E-state index in [1.54, 1.807) is 4.90 Å². The number of hydrogen-bond acceptors (Lipinski definition) is 4. The van der Waals surface area contributed by atoms with Crippen molar-refractivity contribution < 1.29 is 18.7 Å². The van der Waals surface area contributed by atoms with Crippen LogP contribution in [0.3, 0.4) is 0 Å². The molecule has 0 radical (unpaired) electrons. The Labute approximate surface area is 184 Å². The third-order valence-electron chi connectivity index (χ3n) is 5.99. The molecule has 1 atom stereocenters. The second-order valence-electron chi connectivity index (χ2n) is 9.16. The predicted molar refractivity (Wildman–Crippen MR) is 118 cm³/mol. The number of unbranched alkanes of at least 4 members (excludes halogenated alkanes) is 4. The minimum absolute atomic E-state index is 0.162. The largest absolute Gasteiger partial charge is 0.490 e. The van der Waals surface area contributed by atoms with Crippen molar-refractivity contribution in [2.45, 2.75) is 64.8 Å². The fourth-order valence-electron chi connectivity index (χ4n) is 3.93. The van der Waals surface area contributed by atoms with Crippen LogP contribution in [0.4, 0.5) is 9.18 Å². The number of urea groups is 1. The van der Waals surface area contributed by atoms with Gasteiger partial charge in [-0.15, -0.1) is 0 Å². The Hall–Kier alpha value is -2.15. The number of nitrogens with one attached hydrogen (secondary N) is 2. The Morgan fingerprint density at radius 1 is 1.16 bits per heavy atom. The van der Waals surface area contributed by atoms with Gasteiger partial charge in [0.1, 0.15) is 6.54 Å². The van der Waals surface area contributed by atoms with E-state index in [1.807, 2.05) is 12.1 Å². The van der Waals surface area contributed by atoms with Gasteiger partial charge in [0.2, 0.25) is 5.91 Å². The molecule has 2 N–H and O–H groups in total. The van der Waals surface area contributed by atoms with Crippen molar-refractivity contribution in [3.8, 4) is 5.75 Å². The monoisotopic (exact) mass is 433 g/mol. The highest BCUT2D eigenvalue weighted by molar-refractivity contribution is 6.01. The van der Waals surface area contributed by atoms with Gasteiger partial charge in [-0.2, -0.15) is 0 Å². The summed E-state index contributed by atoms with van der Waals surface area (Å²) in [5.41, 5.74) is 1.07. The Bertz CT molecular complexity index is 752. The van der Waals surface area contributed by atoms with E-state index in [1.165, 1.54) is 18.9 Å². The fourth-order valence-corrected chi connectivity index (χ4v) is 3.93. The second-order valence-corrected chi connectivity index (χ2v) is 9.16. The number of rotatable bonds is 14. The number of imide groups is 1. The lowest BCUT2D eigenvalue weighted by Gasteiger charge is -2.24. The molecule has 3 amide bonds. The highest BCUT2D eigenvalue weighted by atomic mass is 19.1. The van der Waals surface area contributed by atoms with Crippen molar-refractivity contribution in [2.75, 3.05) is 26.2 Å². The standard InChI is InChI=1S/C24H36FN3O3/c1-17(2)23(19-10-11-20(25)21(14-19)31-16-18-8-9-18)26-12-6-4-3-5-7-13-28-15-22(29)27-24(28)30/h10-11,14,17-18,23,26H,3-9,12-13,15-16H2,1-2H3,(H,27,29,30). The van der Waals surface area contributed by atoms with Crippen LogP contribution in [0.2, 0.25) is 0 Å². The molecule has 2 aliphatic rings. The molecular weight excluding hydrogens is 397 g/mol. The van der Waals surface area contributed by atoms with Crippen molar-refractivity contribution in [3.63, 3.8) is 0 Å². The first-order valence-electron chi connectivity index (χ1n) is 11.7. The number of halogens is 1. The Balaban J connectivity index is 1.34. The van der Waals surface area contributed by atoms with Crippen LogP contribution in [-0.4, -0.2) is 43.1 Å². The van der Waals surface area contributed by atoms with E-state index < -0.39 is 0 Å². The third-order valence-corrected chi connectivity index (χ3v) is 5.99. The average Bonchev–Trinajstić information content (AvgIpc) is 3.50. The fraction of sp³-hybridized carbons (Fsp3) is 0.667. The van der Waals surface area contributed by atoms with Crippen LogP contribution in [0.5, 0.6) is 5.75 Å². The number of nitrogens with zero attached hydrogens (tertiary/aromatic N) is 1. The van der Waals surface area contributed by atoms with E-state index in [4.69, 9.17) is 4.74 Å². The molecule has 3 rings (SSSR count). The molecule has 1 aliphatic heterocycles. The summed E-state index contributed by atoms with van der Waals surface area (Å²) in [6.45, 7) is 6.69. The second kappa shape index (κ2) is 11.5. The van der Waals surface area contributed by atoms with Crippen LogP contribution >= 0.6 is 0 Å². The van der Waals surface area contributed by atoms with E-state index in [-0.39, 0.29) is 30.3 Å². The Morgan fingerprint density at radius 3 is 2.58 bits per heavy atom. The van der Waals surface area contributed by atoms with Gasteiger partial charge in [0.15, 0.2) is 11.6 Å². The Kier molecular flexibility index (Phi) is 8.69. The zero-order chi connectivity index (χ0) is 22.2. The minimum atomic E-state index is -0.289. The van der Waals surface area contributed by atoms with Gasteiger partial charge in [-0.1, -0.05) is 39.2 Å². The van der Waals surface area contributed by atoms with Crippen molar-refractivity contribution in [1.29, 1.82) is 0 Å². The molecule has 0 aromatic heterocycles. The summed E-state index contributed by atoms with van der Waals surface area (Å²) in [4.78, 5) is 24.2. The molecule has 0 bridgehead atoms. The number of amides is 3. The lowest BCUT2D eigenvalue weighted by Crippen LogP contribution is -2.29. The summed E-state index contributed by atoms with van der Waals surface area (Å²) in [7, 11) is 0. The highest BCUT2D eigenvalue weighted by Crippen LogP contribution is 2.32. The molecule has 1 unspecified atom stereocenters.